The minimum absolute atomic E-state index is 0.000694. The molecule has 0 saturated carbocycles. The van der Waals surface area contributed by atoms with Gasteiger partial charge in [-0.1, -0.05) is 0 Å². The molecule has 5 nitrogen and oxygen atoms in total. The first-order valence-corrected chi connectivity index (χ1v) is 4.73. The van der Waals surface area contributed by atoms with E-state index in [-0.39, 0.29) is 5.91 Å². The van der Waals surface area contributed by atoms with Gasteiger partial charge in [0.1, 0.15) is 5.82 Å². The number of nitrogens with two attached hydrogens (primary N) is 1. The number of amides is 1. The number of aromatic nitrogens is 2. The van der Waals surface area contributed by atoms with Crippen LogP contribution in [-0.4, -0.2) is 32.9 Å². The van der Waals surface area contributed by atoms with E-state index in [2.05, 4.69) is 9.55 Å². The van der Waals surface area contributed by atoms with Crippen molar-refractivity contribution in [2.24, 2.45) is 5.73 Å². The van der Waals surface area contributed by atoms with Crippen molar-refractivity contribution >= 4 is 5.91 Å². The van der Waals surface area contributed by atoms with Crippen LogP contribution in [0.25, 0.3) is 0 Å². The van der Waals surface area contributed by atoms with E-state index in [0.29, 0.717) is 6.54 Å². The van der Waals surface area contributed by atoms with Crippen molar-refractivity contribution in [3.05, 3.63) is 18.2 Å². The Morgan fingerprint density at radius 2 is 2.43 bits per heavy atom. The third-order valence-electron chi connectivity index (χ3n) is 2.45. The van der Waals surface area contributed by atoms with Crippen molar-refractivity contribution in [2.75, 3.05) is 6.54 Å². The lowest BCUT2D eigenvalue weighted by Crippen LogP contribution is -2.45. The Hall–Kier alpha value is -1.36. The van der Waals surface area contributed by atoms with Gasteiger partial charge >= 0.3 is 0 Å². The number of hydrogen-bond donors (Lipinski definition) is 1. The largest absolute Gasteiger partial charge is 0.332 e. The predicted octanol–water partition coefficient (Wildman–Crippen LogP) is -0.427. The first-order chi connectivity index (χ1) is 6.68. The standard InChI is InChI=1S/C9H14N4O/c1-7(10)9(14)13-5-4-12-3-2-11-8(12)6-13/h2-3,7H,4-6,10H2,1H3. The molecular weight excluding hydrogens is 180 g/mol. The lowest BCUT2D eigenvalue weighted by atomic mass is 10.2. The Bertz CT molecular complexity index is 344. The summed E-state index contributed by atoms with van der Waals surface area (Å²) in [6, 6.07) is -0.420. The summed E-state index contributed by atoms with van der Waals surface area (Å²) in [6.45, 7) is 3.83. The Morgan fingerprint density at radius 3 is 3.14 bits per heavy atom. The summed E-state index contributed by atoms with van der Waals surface area (Å²) < 4.78 is 2.06. The molecule has 1 aliphatic rings. The summed E-state index contributed by atoms with van der Waals surface area (Å²) in [5, 5.41) is 0. The smallest absolute Gasteiger partial charge is 0.239 e. The van der Waals surface area contributed by atoms with Crippen LogP contribution in [0.4, 0.5) is 0 Å². The lowest BCUT2D eigenvalue weighted by molar-refractivity contribution is -0.133. The average molecular weight is 194 g/mol. The van der Waals surface area contributed by atoms with Crippen molar-refractivity contribution in [1.82, 2.24) is 14.5 Å². The number of imidazole rings is 1. The third-order valence-corrected chi connectivity index (χ3v) is 2.45. The van der Waals surface area contributed by atoms with Crippen LogP contribution in [0.3, 0.4) is 0 Å². The molecule has 0 bridgehead atoms. The topological polar surface area (TPSA) is 64.2 Å². The van der Waals surface area contributed by atoms with Gasteiger partial charge in [-0.3, -0.25) is 4.79 Å². The predicted molar refractivity (Wildman–Crippen MR) is 51.3 cm³/mol. The average Bonchev–Trinajstić information content (AvgIpc) is 2.62. The molecule has 14 heavy (non-hydrogen) atoms. The van der Waals surface area contributed by atoms with Gasteiger partial charge in [0.25, 0.3) is 0 Å². The van der Waals surface area contributed by atoms with Crippen molar-refractivity contribution < 1.29 is 4.79 Å². The van der Waals surface area contributed by atoms with Gasteiger partial charge in [0, 0.05) is 25.5 Å². The maximum absolute atomic E-state index is 11.6. The molecule has 1 amide bonds. The Balaban J connectivity index is 2.11. The molecule has 0 aliphatic carbocycles. The molecule has 1 unspecified atom stereocenters. The van der Waals surface area contributed by atoms with Crippen LogP contribution < -0.4 is 5.73 Å². The minimum Gasteiger partial charge on any atom is -0.332 e. The maximum Gasteiger partial charge on any atom is 0.239 e. The quantitative estimate of drug-likeness (QED) is 0.660. The molecule has 1 aliphatic heterocycles. The zero-order valence-electron chi connectivity index (χ0n) is 8.18. The van der Waals surface area contributed by atoms with E-state index in [9.17, 15) is 4.79 Å². The van der Waals surface area contributed by atoms with Gasteiger partial charge in [-0.15, -0.1) is 0 Å². The zero-order valence-corrected chi connectivity index (χ0v) is 8.18. The summed E-state index contributed by atoms with van der Waals surface area (Å²) in [4.78, 5) is 17.5. The van der Waals surface area contributed by atoms with Crippen LogP contribution in [0.5, 0.6) is 0 Å². The highest BCUT2D eigenvalue weighted by Crippen LogP contribution is 2.10. The molecule has 0 fully saturated rings. The SMILES string of the molecule is CC(N)C(=O)N1CCn2ccnc2C1. The second-order valence-corrected chi connectivity index (χ2v) is 3.59. The highest BCUT2D eigenvalue weighted by molar-refractivity contribution is 5.81. The Morgan fingerprint density at radius 1 is 1.64 bits per heavy atom. The zero-order chi connectivity index (χ0) is 10.1. The van der Waals surface area contributed by atoms with E-state index < -0.39 is 6.04 Å². The van der Waals surface area contributed by atoms with E-state index in [1.807, 2.05) is 6.20 Å². The maximum atomic E-state index is 11.6. The fourth-order valence-electron chi connectivity index (χ4n) is 1.65. The van der Waals surface area contributed by atoms with Crippen LogP contribution in [0, 0.1) is 0 Å². The van der Waals surface area contributed by atoms with Crippen LogP contribution in [-0.2, 0) is 17.9 Å². The number of carbonyl (C=O) groups excluding carboxylic acids is 1. The van der Waals surface area contributed by atoms with Crippen LogP contribution >= 0.6 is 0 Å². The molecule has 0 spiro atoms. The van der Waals surface area contributed by atoms with Gasteiger partial charge in [0.15, 0.2) is 0 Å². The van der Waals surface area contributed by atoms with Gasteiger partial charge in [0.2, 0.25) is 5.91 Å². The fraction of sp³-hybridized carbons (Fsp3) is 0.556. The van der Waals surface area contributed by atoms with E-state index in [1.54, 1.807) is 18.0 Å². The van der Waals surface area contributed by atoms with E-state index in [0.717, 1.165) is 18.9 Å². The molecule has 0 radical (unpaired) electrons. The molecule has 2 N–H and O–H groups in total. The Kier molecular flexibility index (Phi) is 2.25. The number of rotatable bonds is 1. The summed E-state index contributed by atoms with van der Waals surface area (Å²) in [7, 11) is 0. The van der Waals surface area contributed by atoms with Gasteiger partial charge in [0.05, 0.1) is 12.6 Å². The number of fused-ring (bicyclic) bond motifs is 1. The second-order valence-electron chi connectivity index (χ2n) is 3.59. The van der Waals surface area contributed by atoms with Gasteiger partial charge in [-0.25, -0.2) is 4.98 Å². The molecule has 0 saturated heterocycles. The van der Waals surface area contributed by atoms with Crippen molar-refractivity contribution in [1.29, 1.82) is 0 Å². The van der Waals surface area contributed by atoms with Crippen LogP contribution in [0.1, 0.15) is 12.7 Å². The summed E-state index contributed by atoms with van der Waals surface area (Å²) >= 11 is 0. The van der Waals surface area contributed by atoms with Gasteiger partial charge < -0.3 is 15.2 Å². The Labute approximate surface area is 82.5 Å². The molecule has 76 valence electrons. The first kappa shape index (κ1) is 9.21. The third kappa shape index (κ3) is 1.50. The fourth-order valence-corrected chi connectivity index (χ4v) is 1.65. The number of nitrogens with zero attached hydrogens (tertiary/aromatic N) is 3. The molecular formula is C9H14N4O. The number of hydrogen-bond acceptors (Lipinski definition) is 3. The van der Waals surface area contributed by atoms with E-state index in [4.69, 9.17) is 5.73 Å². The van der Waals surface area contributed by atoms with Crippen LogP contribution in [0.2, 0.25) is 0 Å². The molecule has 1 atom stereocenters. The first-order valence-electron chi connectivity index (χ1n) is 4.73. The number of carbonyl (C=O) groups is 1. The minimum atomic E-state index is -0.420. The van der Waals surface area contributed by atoms with Crippen molar-refractivity contribution in [3.63, 3.8) is 0 Å². The summed E-state index contributed by atoms with van der Waals surface area (Å²) in [5.74, 6) is 0.935. The normalized spacial score (nSPS) is 17.7. The summed E-state index contributed by atoms with van der Waals surface area (Å²) in [6.07, 6.45) is 3.69. The lowest BCUT2D eigenvalue weighted by Gasteiger charge is -2.28. The van der Waals surface area contributed by atoms with Crippen molar-refractivity contribution in [3.8, 4) is 0 Å². The van der Waals surface area contributed by atoms with Crippen LogP contribution in [0.15, 0.2) is 12.4 Å². The van der Waals surface area contributed by atoms with E-state index in [1.165, 1.54) is 0 Å². The van der Waals surface area contributed by atoms with E-state index >= 15 is 0 Å². The van der Waals surface area contributed by atoms with Crippen molar-refractivity contribution in [2.45, 2.75) is 26.1 Å². The molecule has 2 heterocycles. The highest BCUT2D eigenvalue weighted by atomic mass is 16.2. The monoisotopic (exact) mass is 194 g/mol. The molecule has 2 rings (SSSR count). The molecule has 5 heteroatoms. The molecule has 1 aromatic rings. The highest BCUT2D eigenvalue weighted by Gasteiger charge is 2.22. The van der Waals surface area contributed by atoms with Gasteiger partial charge in [-0.05, 0) is 6.92 Å². The van der Waals surface area contributed by atoms with Gasteiger partial charge in [-0.2, -0.15) is 0 Å². The molecule has 1 aromatic heterocycles. The molecule has 0 aromatic carbocycles. The second kappa shape index (κ2) is 3.42. The summed E-state index contributed by atoms with van der Waals surface area (Å²) in [5.41, 5.74) is 5.54.